The van der Waals surface area contributed by atoms with Crippen LogP contribution in [0.4, 0.5) is 0 Å². The smallest absolute Gasteiger partial charge is 0.341 e. The van der Waals surface area contributed by atoms with Gasteiger partial charge in [0.25, 0.3) is 0 Å². The lowest BCUT2D eigenvalue weighted by molar-refractivity contribution is -0.139. The summed E-state index contributed by atoms with van der Waals surface area (Å²) >= 11 is 0. The van der Waals surface area contributed by atoms with Crippen molar-refractivity contribution in [1.29, 1.82) is 0 Å². The number of nitrogens with one attached hydrogen (secondary N) is 1. The molecule has 6 nitrogen and oxygen atoms in total. The number of aliphatic hydroxyl groups is 1. The summed E-state index contributed by atoms with van der Waals surface area (Å²) < 4.78 is 10.3. The topological polar surface area (TPSA) is 88.0 Å². The molecule has 0 unspecified atom stereocenters. The van der Waals surface area contributed by atoms with Crippen molar-refractivity contribution in [2.45, 2.75) is 25.9 Å². The van der Waals surface area contributed by atoms with Crippen LogP contribution in [0.5, 0.6) is 11.5 Å². The molecule has 0 atom stereocenters. The van der Waals surface area contributed by atoms with Gasteiger partial charge in [0.15, 0.2) is 18.1 Å². The highest BCUT2D eigenvalue weighted by Gasteiger charge is 2.15. The van der Waals surface area contributed by atoms with E-state index in [1.165, 1.54) is 7.11 Å². The molecule has 112 valence electrons. The fourth-order valence-corrected chi connectivity index (χ4v) is 1.48. The van der Waals surface area contributed by atoms with E-state index in [-0.39, 0.29) is 12.1 Å². The molecule has 0 bridgehead atoms. The Morgan fingerprint density at radius 2 is 2.05 bits per heavy atom. The van der Waals surface area contributed by atoms with Gasteiger partial charge in [-0.3, -0.25) is 0 Å². The average molecular weight is 283 g/mol. The van der Waals surface area contributed by atoms with E-state index in [1.54, 1.807) is 12.1 Å². The minimum atomic E-state index is -1.04. The molecule has 0 heterocycles. The molecule has 0 aromatic heterocycles. The van der Waals surface area contributed by atoms with E-state index in [0.29, 0.717) is 18.0 Å². The van der Waals surface area contributed by atoms with Gasteiger partial charge in [0.2, 0.25) is 0 Å². The summed E-state index contributed by atoms with van der Waals surface area (Å²) in [6, 6.07) is 5.27. The lowest BCUT2D eigenvalue weighted by Gasteiger charge is -2.23. The maximum atomic E-state index is 10.5. The fourth-order valence-electron chi connectivity index (χ4n) is 1.48. The zero-order valence-corrected chi connectivity index (χ0v) is 12.0. The highest BCUT2D eigenvalue weighted by atomic mass is 16.5. The second kappa shape index (κ2) is 7.12. The SMILES string of the molecule is COc1cc(CNC(C)(C)CO)ccc1OCC(=O)O. The molecule has 0 aliphatic rings. The van der Waals surface area contributed by atoms with E-state index < -0.39 is 12.6 Å². The number of aliphatic hydroxyl groups excluding tert-OH is 1. The van der Waals surface area contributed by atoms with Gasteiger partial charge >= 0.3 is 5.97 Å². The molecule has 1 rings (SSSR count). The van der Waals surface area contributed by atoms with Crippen LogP contribution in [0.2, 0.25) is 0 Å². The molecule has 0 fully saturated rings. The maximum absolute atomic E-state index is 10.5. The normalized spacial score (nSPS) is 11.2. The zero-order valence-electron chi connectivity index (χ0n) is 12.0. The Labute approximate surface area is 118 Å². The number of methoxy groups -OCH3 is 1. The van der Waals surface area contributed by atoms with Crippen LogP contribution in [0.25, 0.3) is 0 Å². The highest BCUT2D eigenvalue weighted by Crippen LogP contribution is 2.28. The molecule has 0 amide bonds. The molecule has 1 aromatic rings. The molecule has 20 heavy (non-hydrogen) atoms. The second-order valence-electron chi connectivity index (χ2n) is 5.06. The third-order valence-corrected chi connectivity index (χ3v) is 2.75. The van der Waals surface area contributed by atoms with Crippen LogP contribution in [0.3, 0.4) is 0 Å². The lowest BCUT2D eigenvalue weighted by atomic mass is 10.1. The Balaban J connectivity index is 2.74. The van der Waals surface area contributed by atoms with Crippen molar-refractivity contribution >= 4 is 5.97 Å². The number of aliphatic carboxylic acids is 1. The van der Waals surface area contributed by atoms with Crippen LogP contribution in [-0.2, 0) is 11.3 Å². The van der Waals surface area contributed by atoms with Gasteiger partial charge in [-0.25, -0.2) is 4.79 Å². The lowest BCUT2D eigenvalue weighted by Crippen LogP contribution is -2.42. The highest BCUT2D eigenvalue weighted by molar-refractivity contribution is 5.68. The zero-order chi connectivity index (χ0) is 15.2. The minimum absolute atomic E-state index is 0.0317. The second-order valence-corrected chi connectivity index (χ2v) is 5.06. The summed E-state index contributed by atoms with van der Waals surface area (Å²) in [7, 11) is 1.50. The molecule has 0 saturated heterocycles. The van der Waals surface area contributed by atoms with Crippen molar-refractivity contribution in [3.05, 3.63) is 23.8 Å². The summed E-state index contributed by atoms with van der Waals surface area (Å²) in [6.07, 6.45) is 0. The third kappa shape index (κ3) is 5.07. The molecular weight excluding hydrogens is 262 g/mol. The Bertz CT molecular complexity index is 459. The number of hydrogen-bond donors (Lipinski definition) is 3. The van der Waals surface area contributed by atoms with Gasteiger partial charge in [-0.1, -0.05) is 6.07 Å². The van der Waals surface area contributed by atoms with Crippen LogP contribution < -0.4 is 14.8 Å². The Hall–Kier alpha value is -1.79. The van der Waals surface area contributed by atoms with E-state index in [4.69, 9.17) is 14.6 Å². The Morgan fingerprint density at radius 3 is 2.60 bits per heavy atom. The fraction of sp³-hybridized carbons (Fsp3) is 0.500. The van der Waals surface area contributed by atoms with Crippen LogP contribution in [-0.4, -0.2) is 42.0 Å². The van der Waals surface area contributed by atoms with E-state index in [9.17, 15) is 9.90 Å². The van der Waals surface area contributed by atoms with Crippen molar-refractivity contribution in [3.63, 3.8) is 0 Å². The third-order valence-electron chi connectivity index (χ3n) is 2.75. The molecular formula is C14H21NO5. The predicted octanol–water partition coefficient (Wildman–Crippen LogP) is 1.02. The molecule has 0 radical (unpaired) electrons. The van der Waals surface area contributed by atoms with E-state index in [2.05, 4.69) is 5.32 Å². The van der Waals surface area contributed by atoms with Gasteiger partial charge in [-0.05, 0) is 31.5 Å². The number of carbonyl (C=O) groups is 1. The Kier molecular flexibility index (Phi) is 5.79. The summed E-state index contributed by atoms with van der Waals surface area (Å²) in [4.78, 5) is 10.5. The summed E-state index contributed by atoms with van der Waals surface area (Å²) in [5.74, 6) is -0.171. The van der Waals surface area contributed by atoms with Gasteiger partial charge in [0, 0.05) is 12.1 Å². The number of carboxylic acid groups (broad SMARTS) is 1. The predicted molar refractivity (Wildman–Crippen MR) is 74.1 cm³/mol. The Morgan fingerprint density at radius 1 is 1.35 bits per heavy atom. The van der Waals surface area contributed by atoms with Crippen LogP contribution in [0.1, 0.15) is 19.4 Å². The van der Waals surface area contributed by atoms with Crippen molar-refractivity contribution in [3.8, 4) is 11.5 Å². The minimum Gasteiger partial charge on any atom is -0.493 e. The number of rotatable bonds is 8. The van der Waals surface area contributed by atoms with E-state index >= 15 is 0 Å². The van der Waals surface area contributed by atoms with Crippen molar-refractivity contribution in [1.82, 2.24) is 5.32 Å². The number of hydrogen-bond acceptors (Lipinski definition) is 5. The number of ether oxygens (including phenoxy) is 2. The molecule has 1 aromatic carbocycles. The summed E-state index contributed by atoms with van der Waals surface area (Å²) in [5, 5.41) is 21.0. The van der Waals surface area contributed by atoms with Crippen LogP contribution in [0.15, 0.2) is 18.2 Å². The van der Waals surface area contributed by atoms with Gasteiger partial charge < -0.3 is 25.0 Å². The molecule has 3 N–H and O–H groups in total. The standard InChI is InChI=1S/C14H21NO5/c1-14(2,9-16)15-7-10-4-5-11(12(6-10)19-3)20-8-13(17)18/h4-6,15-16H,7-9H2,1-3H3,(H,17,18). The largest absolute Gasteiger partial charge is 0.493 e. The first kappa shape index (κ1) is 16.3. The van der Waals surface area contributed by atoms with Crippen LogP contribution >= 0.6 is 0 Å². The van der Waals surface area contributed by atoms with Gasteiger partial charge in [-0.15, -0.1) is 0 Å². The van der Waals surface area contributed by atoms with E-state index in [1.807, 2.05) is 19.9 Å². The first-order chi connectivity index (χ1) is 9.38. The monoisotopic (exact) mass is 283 g/mol. The average Bonchev–Trinajstić information content (AvgIpc) is 2.43. The van der Waals surface area contributed by atoms with Gasteiger partial charge in [-0.2, -0.15) is 0 Å². The molecule has 0 aliphatic carbocycles. The van der Waals surface area contributed by atoms with Crippen molar-refractivity contribution in [2.24, 2.45) is 0 Å². The molecule has 6 heteroatoms. The summed E-state index contributed by atoms with van der Waals surface area (Å²) in [6.45, 7) is 3.97. The van der Waals surface area contributed by atoms with Crippen molar-refractivity contribution in [2.75, 3.05) is 20.3 Å². The first-order valence-electron chi connectivity index (χ1n) is 6.25. The number of carboxylic acids is 1. The molecule has 0 aliphatic heterocycles. The van der Waals surface area contributed by atoms with Crippen molar-refractivity contribution < 1.29 is 24.5 Å². The summed E-state index contributed by atoms with van der Waals surface area (Å²) in [5.41, 5.74) is 0.581. The molecule has 0 saturated carbocycles. The first-order valence-corrected chi connectivity index (χ1v) is 6.25. The van der Waals surface area contributed by atoms with Gasteiger partial charge in [0.1, 0.15) is 0 Å². The van der Waals surface area contributed by atoms with Crippen LogP contribution in [0, 0.1) is 0 Å². The quantitative estimate of drug-likeness (QED) is 0.660. The number of benzene rings is 1. The molecule has 0 spiro atoms. The van der Waals surface area contributed by atoms with E-state index in [0.717, 1.165) is 5.56 Å². The van der Waals surface area contributed by atoms with Gasteiger partial charge in [0.05, 0.1) is 13.7 Å². The maximum Gasteiger partial charge on any atom is 0.341 e.